The number of nitrogens with zero attached hydrogens (tertiary/aromatic N) is 2. The number of nitrogens with one attached hydrogen (secondary N) is 1. The molecule has 7 aromatic rings. The second kappa shape index (κ2) is 16.1. The number of hydrogen-bond acceptors (Lipinski definition) is 3. The molecular formula is C48H45N3O2. The molecule has 1 unspecified atom stereocenters. The highest BCUT2D eigenvalue weighted by Gasteiger charge is 2.44. The summed E-state index contributed by atoms with van der Waals surface area (Å²) < 4.78 is 2.34. The van der Waals surface area contributed by atoms with Gasteiger partial charge in [-0.1, -0.05) is 195 Å². The zero-order valence-corrected chi connectivity index (χ0v) is 30.1. The highest BCUT2D eigenvalue weighted by Crippen LogP contribution is 2.43. The molecule has 53 heavy (non-hydrogen) atoms. The molecule has 0 amide bonds. The molecule has 0 bridgehead atoms. The van der Waals surface area contributed by atoms with Gasteiger partial charge in [0.15, 0.2) is 0 Å². The lowest BCUT2D eigenvalue weighted by molar-refractivity contribution is -0.139. The van der Waals surface area contributed by atoms with Gasteiger partial charge in [0.05, 0.1) is 5.54 Å². The van der Waals surface area contributed by atoms with Crippen LogP contribution in [0.2, 0.25) is 0 Å². The average molecular weight is 696 g/mol. The van der Waals surface area contributed by atoms with Crippen LogP contribution in [0.3, 0.4) is 0 Å². The van der Waals surface area contributed by atoms with Crippen molar-refractivity contribution in [3.63, 3.8) is 0 Å². The van der Waals surface area contributed by atoms with Crippen LogP contribution in [0.25, 0.3) is 0 Å². The Labute approximate surface area is 312 Å². The summed E-state index contributed by atoms with van der Waals surface area (Å²) >= 11 is 0. The minimum Gasteiger partial charge on any atom is -0.480 e. The zero-order chi connectivity index (χ0) is 36.5. The number of aryl methyl sites for hydroxylation is 1. The number of aromatic nitrogens is 2. The second-order valence-electron chi connectivity index (χ2n) is 13.5. The molecule has 0 aliphatic rings. The smallest absolute Gasteiger partial charge is 0.321 e. The van der Waals surface area contributed by atoms with E-state index in [9.17, 15) is 9.90 Å². The highest BCUT2D eigenvalue weighted by atomic mass is 16.4. The van der Waals surface area contributed by atoms with Gasteiger partial charge in [0.2, 0.25) is 0 Å². The first-order valence-electron chi connectivity index (χ1n) is 18.5. The molecule has 1 heterocycles. The van der Waals surface area contributed by atoms with Crippen molar-refractivity contribution in [1.82, 2.24) is 14.9 Å². The normalized spacial score (nSPS) is 12.3. The van der Waals surface area contributed by atoms with Crippen LogP contribution in [0, 0.1) is 0 Å². The number of unbranched alkanes of at least 4 members (excludes halogenated alkanes) is 1. The minimum absolute atomic E-state index is 0.178. The Balaban J connectivity index is 1.47. The first kappa shape index (κ1) is 35.4. The van der Waals surface area contributed by atoms with Crippen molar-refractivity contribution < 1.29 is 9.90 Å². The molecule has 0 radical (unpaired) electrons. The van der Waals surface area contributed by atoms with E-state index in [1.807, 2.05) is 79.0 Å². The van der Waals surface area contributed by atoms with E-state index in [0.29, 0.717) is 0 Å². The molecule has 5 nitrogen and oxygen atoms in total. The van der Waals surface area contributed by atoms with Crippen molar-refractivity contribution in [3.05, 3.63) is 233 Å². The van der Waals surface area contributed by atoms with Crippen molar-refractivity contribution >= 4 is 5.97 Å². The number of carboxylic acid groups (broad SMARTS) is 1. The summed E-state index contributed by atoms with van der Waals surface area (Å²) in [5.74, 6) is -0.0206. The molecule has 0 aliphatic heterocycles. The number of aliphatic carboxylic acids is 1. The van der Waals surface area contributed by atoms with E-state index in [-0.39, 0.29) is 6.42 Å². The van der Waals surface area contributed by atoms with Gasteiger partial charge in [0.25, 0.3) is 0 Å². The number of carbonyl (C=O) groups is 1. The lowest BCUT2D eigenvalue weighted by Crippen LogP contribution is -2.53. The fourth-order valence-corrected chi connectivity index (χ4v) is 7.90. The van der Waals surface area contributed by atoms with Gasteiger partial charge >= 0.3 is 5.97 Å². The van der Waals surface area contributed by atoms with Crippen LogP contribution in [-0.2, 0) is 28.7 Å². The molecular weight excluding hydrogens is 651 g/mol. The SMILES string of the molecule is CCCCc1ncc(CC(NC(c2ccccc2)(c2ccccc2)c2ccccc2)C(=O)O)n1C(c1ccccc1)(c1ccccc1)c1ccccc1. The van der Waals surface area contributed by atoms with Gasteiger partial charge in [-0.2, -0.15) is 0 Å². The Kier molecular flexibility index (Phi) is 10.7. The van der Waals surface area contributed by atoms with Crippen LogP contribution in [-0.4, -0.2) is 26.7 Å². The Morgan fingerprint density at radius 1 is 0.604 bits per heavy atom. The van der Waals surface area contributed by atoms with Crippen LogP contribution in [0.4, 0.5) is 0 Å². The Morgan fingerprint density at radius 3 is 1.30 bits per heavy atom. The molecule has 1 atom stereocenters. The molecule has 0 saturated carbocycles. The van der Waals surface area contributed by atoms with Crippen LogP contribution >= 0.6 is 0 Å². The van der Waals surface area contributed by atoms with Gasteiger partial charge in [0.1, 0.15) is 17.4 Å². The molecule has 0 saturated heterocycles. The van der Waals surface area contributed by atoms with Gasteiger partial charge in [-0.05, 0) is 39.8 Å². The third-order valence-electron chi connectivity index (χ3n) is 10.3. The predicted octanol–water partition coefficient (Wildman–Crippen LogP) is 9.64. The van der Waals surface area contributed by atoms with Crippen LogP contribution in [0.5, 0.6) is 0 Å². The van der Waals surface area contributed by atoms with Crippen molar-refractivity contribution in [2.24, 2.45) is 0 Å². The quantitative estimate of drug-likeness (QED) is 0.105. The van der Waals surface area contributed by atoms with Gasteiger partial charge in [-0.3, -0.25) is 10.1 Å². The van der Waals surface area contributed by atoms with Gasteiger partial charge in [-0.15, -0.1) is 0 Å². The van der Waals surface area contributed by atoms with Crippen molar-refractivity contribution in [2.45, 2.75) is 49.7 Å². The number of carboxylic acids is 1. The van der Waals surface area contributed by atoms with Gasteiger partial charge in [-0.25, -0.2) is 4.98 Å². The molecule has 5 heteroatoms. The summed E-state index contributed by atoms with van der Waals surface area (Å²) in [5.41, 5.74) is 5.09. The van der Waals surface area contributed by atoms with E-state index >= 15 is 0 Å². The van der Waals surface area contributed by atoms with Crippen molar-refractivity contribution in [2.75, 3.05) is 0 Å². The number of imidazole rings is 1. The number of benzene rings is 6. The summed E-state index contributed by atoms with van der Waals surface area (Å²) in [7, 11) is 0. The average Bonchev–Trinajstić information content (AvgIpc) is 3.63. The van der Waals surface area contributed by atoms with E-state index in [0.717, 1.165) is 64.2 Å². The number of rotatable bonds is 15. The molecule has 0 spiro atoms. The standard InChI is InChI=1S/C48H45N3O2/c1-2-3-34-45-49-36-43(51(45)48(40-28-16-7-17-29-40,41-30-18-8-19-31-41)42-32-20-9-21-33-42)35-44(46(52)53)50-47(37-22-10-4-11-23-37,38-24-12-5-13-25-38)39-26-14-6-15-27-39/h4-33,36,44,50H,2-3,34-35H2,1H3,(H,52,53). The molecule has 264 valence electrons. The first-order valence-corrected chi connectivity index (χ1v) is 18.5. The first-order chi connectivity index (χ1) is 26.1. The summed E-state index contributed by atoms with van der Waals surface area (Å²) in [6.07, 6.45) is 4.78. The molecule has 2 N–H and O–H groups in total. The molecule has 1 aromatic heterocycles. The fraction of sp³-hybridized carbons (Fsp3) is 0.167. The summed E-state index contributed by atoms with van der Waals surface area (Å²) in [4.78, 5) is 18.9. The lowest BCUT2D eigenvalue weighted by Gasteiger charge is -2.41. The maximum Gasteiger partial charge on any atom is 0.321 e. The largest absolute Gasteiger partial charge is 0.480 e. The van der Waals surface area contributed by atoms with E-state index in [4.69, 9.17) is 4.98 Å². The summed E-state index contributed by atoms with van der Waals surface area (Å²) in [5, 5.41) is 15.0. The van der Waals surface area contributed by atoms with E-state index in [1.54, 1.807) is 0 Å². The third-order valence-corrected chi connectivity index (χ3v) is 10.3. The van der Waals surface area contributed by atoms with E-state index in [2.05, 4.69) is 126 Å². The maximum atomic E-state index is 13.7. The van der Waals surface area contributed by atoms with Crippen LogP contribution < -0.4 is 5.32 Å². The Morgan fingerprint density at radius 2 is 0.962 bits per heavy atom. The molecule has 7 rings (SSSR count). The van der Waals surface area contributed by atoms with E-state index in [1.165, 1.54) is 0 Å². The van der Waals surface area contributed by atoms with Crippen molar-refractivity contribution in [1.29, 1.82) is 0 Å². The van der Waals surface area contributed by atoms with Gasteiger partial charge < -0.3 is 9.67 Å². The molecule has 0 aliphatic carbocycles. The zero-order valence-electron chi connectivity index (χ0n) is 30.1. The fourth-order valence-electron chi connectivity index (χ4n) is 7.90. The topological polar surface area (TPSA) is 67.2 Å². The molecule has 0 fully saturated rings. The van der Waals surface area contributed by atoms with Crippen LogP contribution in [0.15, 0.2) is 188 Å². The third kappa shape index (κ3) is 6.84. The summed E-state index contributed by atoms with van der Waals surface area (Å²) in [6.45, 7) is 2.19. The minimum atomic E-state index is -1.01. The second-order valence-corrected chi connectivity index (χ2v) is 13.5. The molecule has 6 aromatic carbocycles. The Hall–Kier alpha value is -6.04. The van der Waals surface area contributed by atoms with Crippen LogP contribution in [0.1, 0.15) is 64.7 Å². The lowest BCUT2D eigenvalue weighted by atomic mass is 9.75. The monoisotopic (exact) mass is 695 g/mol. The van der Waals surface area contributed by atoms with Gasteiger partial charge in [0, 0.05) is 24.7 Å². The highest BCUT2D eigenvalue weighted by molar-refractivity contribution is 5.74. The maximum absolute atomic E-state index is 13.7. The predicted molar refractivity (Wildman–Crippen MR) is 213 cm³/mol. The Bertz CT molecular complexity index is 1990. The summed E-state index contributed by atoms with van der Waals surface area (Å²) in [6, 6.07) is 61.1. The van der Waals surface area contributed by atoms with E-state index < -0.39 is 23.1 Å². The number of hydrogen-bond donors (Lipinski definition) is 2. The van der Waals surface area contributed by atoms with Crippen molar-refractivity contribution in [3.8, 4) is 0 Å².